The fraction of sp³-hybridized carbons (Fsp3) is 0.548. The van der Waals surface area contributed by atoms with Gasteiger partial charge < -0.3 is 35.4 Å². The monoisotopic (exact) mass is 806 g/mol. The summed E-state index contributed by atoms with van der Waals surface area (Å²) in [5.74, 6) is -6.40. The molecule has 0 unspecified atom stereocenters. The molecule has 0 spiro atoms. The molecule has 4 fully saturated rings. The Morgan fingerprint density at radius 3 is 2.17 bits per heavy atom. The molecule has 58 heavy (non-hydrogen) atoms. The van der Waals surface area contributed by atoms with Crippen LogP contribution in [0.15, 0.2) is 42.5 Å². The van der Waals surface area contributed by atoms with Gasteiger partial charge in [-0.05, 0) is 88.5 Å². The van der Waals surface area contributed by atoms with Crippen LogP contribution >= 0.6 is 0 Å². The lowest BCUT2D eigenvalue weighted by Gasteiger charge is -2.39. The van der Waals surface area contributed by atoms with Gasteiger partial charge in [0.05, 0.1) is 6.42 Å². The van der Waals surface area contributed by atoms with Crippen molar-refractivity contribution in [1.82, 2.24) is 30.7 Å². The summed E-state index contributed by atoms with van der Waals surface area (Å²) >= 11 is 0. The Morgan fingerprint density at radius 2 is 1.47 bits per heavy atom. The predicted octanol–water partition coefficient (Wildman–Crippen LogP) is 2.09. The maximum Gasteiger partial charge on any atom is 0.329 e. The summed E-state index contributed by atoms with van der Waals surface area (Å²) in [4.78, 5) is 102. The first-order valence-corrected chi connectivity index (χ1v) is 20.1. The van der Waals surface area contributed by atoms with Gasteiger partial charge in [0.25, 0.3) is 0 Å². The molecular formula is C42H52F2N6O8. The lowest BCUT2D eigenvalue weighted by molar-refractivity contribution is -0.163. The van der Waals surface area contributed by atoms with E-state index in [-0.39, 0.29) is 56.8 Å². The molecule has 4 aliphatic heterocycles. The van der Waals surface area contributed by atoms with Gasteiger partial charge in [0.2, 0.25) is 35.4 Å². The third-order valence-corrected chi connectivity index (χ3v) is 11.5. The van der Waals surface area contributed by atoms with Crippen molar-refractivity contribution in [2.75, 3.05) is 19.6 Å². The minimum absolute atomic E-state index is 0.0525. The average molecular weight is 807 g/mol. The molecule has 2 aromatic carbocycles. The topological polar surface area (TPSA) is 175 Å². The van der Waals surface area contributed by atoms with Gasteiger partial charge in [0.15, 0.2) is 0 Å². The molecule has 0 aliphatic carbocycles. The minimum atomic E-state index is -1.60. The first kappa shape index (κ1) is 42.2. The zero-order valence-electron chi connectivity index (χ0n) is 33.3. The van der Waals surface area contributed by atoms with Crippen molar-refractivity contribution in [2.45, 2.75) is 121 Å². The molecule has 16 heteroatoms. The van der Waals surface area contributed by atoms with Crippen LogP contribution in [-0.4, -0.2) is 118 Å². The van der Waals surface area contributed by atoms with Gasteiger partial charge in [-0.25, -0.2) is 13.6 Å². The SMILES string of the molecule is Cc1ccc(CC(=O)N[C@@H](Cc2cc(F)cc(F)c2)C(=O)N[C@@H]2C(=O)N3CCC[C@H]3C(=O)N3CCCC[C@H]3C(=O)N[C@@H](C)C(=O)N3C[C@H](C)C[C@H]3C(=O)O[C@H]2C)cc1. The first-order valence-electron chi connectivity index (χ1n) is 20.1. The molecule has 3 N–H and O–H groups in total. The van der Waals surface area contributed by atoms with Crippen LogP contribution in [0.2, 0.25) is 0 Å². The highest BCUT2D eigenvalue weighted by atomic mass is 19.1. The van der Waals surface area contributed by atoms with Crippen LogP contribution in [0.5, 0.6) is 0 Å². The number of nitrogens with one attached hydrogen (secondary N) is 3. The van der Waals surface area contributed by atoms with Crippen molar-refractivity contribution in [1.29, 1.82) is 0 Å². The van der Waals surface area contributed by atoms with E-state index in [1.54, 1.807) is 12.1 Å². The number of rotatable bonds is 7. The molecule has 2 aromatic rings. The Bertz CT molecular complexity index is 1910. The van der Waals surface area contributed by atoms with E-state index in [9.17, 15) is 42.3 Å². The van der Waals surface area contributed by atoms with Gasteiger partial charge >= 0.3 is 5.97 Å². The van der Waals surface area contributed by atoms with E-state index in [4.69, 9.17) is 4.74 Å². The quantitative estimate of drug-likeness (QED) is 0.357. The number of carbonyl (C=O) groups is 7. The number of benzene rings is 2. The highest BCUT2D eigenvalue weighted by Crippen LogP contribution is 2.29. The molecule has 0 aromatic heterocycles. The summed E-state index contributed by atoms with van der Waals surface area (Å²) < 4.78 is 34.6. The summed E-state index contributed by atoms with van der Waals surface area (Å²) in [6.45, 7) is 7.31. The van der Waals surface area contributed by atoms with Gasteiger partial charge in [-0.15, -0.1) is 0 Å². The Kier molecular flexibility index (Phi) is 13.1. The molecule has 4 aliphatic rings. The van der Waals surface area contributed by atoms with E-state index in [1.165, 1.54) is 28.5 Å². The van der Waals surface area contributed by atoms with E-state index in [2.05, 4.69) is 16.0 Å². The van der Waals surface area contributed by atoms with Crippen molar-refractivity contribution >= 4 is 41.4 Å². The third-order valence-electron chi connectivity index (χ3n) is 11.5. The number of halogens is 2. The molecule has 4 saturated heterocycles. The molecule has 0 radical (unpaired) electrons. The van der Waals surface area contributed by atoms with Gasteiger partial charge in [-0.3, -0.25) is 28.8 Å². The van der Waals surface area contributed by atoms with Gasteiger partial charge in [-0.2, -0.15) is 0 Å². The van der Waals surface area contributed by atoms with E-state index in [0.717, 1.165) is 17.7 Å². The van der Waals surface area contributed by atoms with Crippen LogP contribution in [-0.2, 0) is 51.1 Å². The number of carbonyl (C=O) groups excluding carboxylic acids is 7. The first-order chi connectivity index (χ1) is 27.6. The lowest BCUT2D eigenvalue weighted by atomic mass is 9.99. The fourth-order valence-corrected chi connectivity index (χ4v) is 8.53. The van der Waals surface area contributed by atoms with Gasteiger partial charge in [-0.1, -0.05) is 36.8 Å². The number of amides is 6. The summed E-state index contributed by atoms with van der Waals surface area (Å²) in [5.41, 5.74) is 1.67. The zero-order chi connectivity index (χ0) is 41.8. The number of esters is 1. The molecule has 4 heterocycles. The second kappa shape index (κ2) is 18.0. The highest BCUT2D eigenvalue weighted by molar-refractivity contribution is 5.98. The largest absolute Gasteiger partial charge is 0.458 e. The number of ether oxygens (including phenoxy) is 1. The third kappa shape index (κ3) is 9.64. The average Bonchev–Trinajstić information content (AvgIpc) is 3.83. The van der Waals surface area contributed by atoms with Crippen LogP contribution in [0.25, 0.3) is 0 Å². The molecule has 312 valence electrons. The number of fused-ring (bicyclic) bond motifs is 3. The van der Waals surface area contributed by atoms with Crippen molar-refractivity contribution in [3.63, 3.8) is 0 Å². The van der Waals surface area contributed by atoms with Crippen LogP contribution < -0.4 is 16.0 Å². The normalized spacial score (nSPS) is 27.6. The second-order valence-corrected chi connectivity index (χ2v) is 16.2. The predicted molar refractivity (Wildman–Crippen MR) is 205 cm³/mol. The number of aryl methyl sites for hydroxylation is 1. The van der Waals surface area contributed by atoms with Crippen LogP contribution in [0.4, 0.5) is 8.78 Å². The van der Waals surface area contributed by atoms with Gasteiger partial charge in [0.1, 0.15) is 54.0 Å². The van der Waals surface area contributed by atoms with E-state index < -0.39 is 95.4 Å². The zero-order valence-corrected chi connectivity index (χ0v) is 33.3. The molecule has 6 rings (SSSR count). The van der Waals surface area contributed by atoms with Crippen molar-refractivity contribution < 1.29 is 47.1 Å². The Balaban J connectivity index is 1.34. The summed E-state index contributed by atoms with van der Waals surface area (Å²) in [7, 11) is 0. The summed E-state index contributed by atoms with van der Waals surface area (Å²) in [5, 5.41) is 8.08. The summed E-state index contributed by atoms with van der Waals surface area (Å²) in [6.07, 6.45) is 0.782. The van der Waals surface area contributed by atoms with Crippen LogP contribution in [0, 0.1) is 24.5 Å². The molecule has 14 nitrogen and oxygen atoms in total. The fourth-order valence-electron chi connectivity index (χ4n) is 8.53. The number of piperidine rings is 1. The van der Waals surface area contributed by atoms with Crippen molar-refractivity contribution in [3.8, 4) is 0 Å². The van der Waals surface area contributed by atoms with Crippen molar-refractivity contribution in [2.24, 2.45) is 5.92 Å². The number of nitrogens with zero attached hydrogens (tertiary/aromatic N) is 3. The highest BCUT2D eigenvalue weighted by Gasteiger charge is 2.47. The lowest BCUT2D eigenvalue weighted by Crippen LogP contribution is -2.63. The second-order valence-electron chi connectivity index (χ2n) is 16.2. The van der Waals surface area contributed by atoms with Crippen LogP contribution in [0.1, 0.15) is 76.0 Å². The van der Waals surface area contributed by atoms with Crippen molar-refractivity contribution in [3.05, 3.63) is 70.8 Å². The molecule has 6 amide bonds. The minimum Gasteiger partial charge on any atom is -0.458 e. The van der Waals surface area contributed by atoms with E-state index in [1.807, 2.05) is 26.0 Å². The number of cyclic esters (lactones) is 1. The van der Waals surface area contributed by atoms with E-state index in [0.29, 0.717) is 37.3 Å². The van der Waals surface area contributed by atoms with Crippen LogP contribution in [0.3, 0.4) is 0 Å². The molecular weight excluding hydrogens is 754 g/mol. The molecule has 8 atom stereocenters. The van der Waals surface area contributed by atoms with E-state index >= 15 is 0 Å². The Hall–Kier alpha value is -5.41. The molecule has 0 bridgehead atoms. The Morgan fingerprint density at radius 1 is 0.810 bits per heavy atom. The maximum absolute atomic E-state index is 14.7. The maximum atomic E-state index is 14.7. The number of hydrogen-bond donors (Lipinski definition) is 3. The molecule has 0 saturated carbocycles. The smallest absolute Gasteiger partial charge is 0.329 e. The number of hydrogen-bond acceptors (Lipinski definition) is 8. The summed E-state index contributed by atoms with van der Waals surface area (Å²) in [6, 6.07) is 2.90. The standard InChI is InChI=1S/C42H52F2N6O8/c1-23-10-12-27(13-11-23)20-35(51)46-31(19-28-17-29(43)21-30(44)18-28)37(52)47-36-26(4)58-42(57)34-16-24(2)22-50(34)39(54)25(3)45-38(53)32-8-5-6-14-48(32)40(55)33-9-7-15-49(33)41(36)56/h10-13,17-18,21,24-26,31-34,36H,5-9,14-16,19-20,22H2,1-4H3,(H,45,53)(H,46,51)(H,47,52)/t24-,25+,26+,31+,32+,33+,34+,36+/m1/s1. The van der Waals surface area contributed by atoms with Gasteiger partial charge in [0, 0.05) is 32.1 Å². The Labute approximate surface area is 336 Å².